The first kappa shape index (κ1) is 23.8. The van der Waals surface area contributed by atoms with Crippen molar-refractivity contribution in [3.63, 3.8) is 0 Å². The molecule has 0 aromatic heterocycles. The lowest BCUT2D eigenvalue weighted by Gasteiger charge is -2.30. The second kappa shape index (κ2) is 10.3. The standard InChI is InChI=1S/C27H30N2O4S/c1-20(22-12-14-24(33-2)15-13-22)28-27(30)18-11-21-9-16-25(17-10-21)34(31,32)29-19-5-7-23-6-3-4-8-26(23)29/h3-4,6,8-10,12-17,20H,5,7,11,18-19H2,1-2H3,(H,28,30)/t20-/m1/s1. The van der Waals surface area contributed by atoms with Gasteiger partial charge in [0.1, 0.15) is 5.75 Å². The number of nitrogens with one attached hydrogen (secondary N) is 1. The van der Waals surface area contributed by atoms with Gasteiger partial charge in [0.25, 0.3) is 10.0 Å². The fourth-order valence-electron chi connectivity index (χ4n) is 4.25. The van der Waals surface area contributed by atoms with Gasteiger partial charge in [-0.05, 0) is 73.2 Å². The number of para-hydroxylation sites is 1. The highest BCUT2D eigenvalue weighted by Crippen LogP contribution is 2.31. The van der Waals surface area contributed by atoms with Crippen molar-refractivity contribution >= 4 is 21.6 Å². The molecule has 3 aromatic carbocycles. The van der Waals surface area contributed by atoms with Crippen LogP contribution in [-0.4, -0.2) is 28.0 Å². The summed E-state index contributed by atoms with van der Waals surface area (Å²) >= 11 is 0. The maximum Gasteiger partial charge on any atom is 0.264 e. The largest absolute Gasteiger partial charge is 0.497 e. The van der Waals surface area contributed by atoms with Gasteiger partial charge in [0.15, 0.2) is 0 Å². The third-order valence-electron chi connectivity index (χ3n) is 6.21. The van der Waals surface area contributed by atoms with Crippen LogP contribution in [0.5, 0.6) is 5.75 Å². The number of methoxy groups -OCH3 is 1. The molecule has 1 N–H and O–H groups in total. The lowest BCUT2D eigenvalue weighted by Crippen LogP contribution is -2.35. The average molecular weight is 479 g/mol. The highest BCUT2D eigenvalue weighted by molar-refractivity contribution is 7.92. The van der Waals surface area contributed by atoms with E-state index in [9.17, 15) is 13.2 Å². The summed E-state index contributed by atoms with van der Waals surface area (Å²) < 4.78 is 33.2. The number of benzene rings is 3. The molecule has 1 aliphatic rings. The van der Waals surface area contributed by atoms with Crippen LogP contribution in [0, 0.1) is 0 Å². The van der Waals surface area contributed by atoms with E-state index < -0.39 is 10.0 Å². The van der Waals surface area contributed by atoms with Gasteiger partial charge >= 0.3 is 0 Å². The number of ether oxygens (including phenoxy) is 1. The number of sulfonamides is 1. The molecule has 178 valence electrons. The first-order chi connectivity index (χ1) is 16.4. The van der Waals surface area contributed by atoms with E-state index in [-0.39, 0.29) is 16.8 Å². The molecule has 0 saturated carbocycles. The Morgan fingerprint density at radius 2 is 1.74 bits per heavy atom. The summed E-state index contributed by atoms with van der Waals surface area (Å²) in [6, 6.07) is 22.0. The van der Waals surface area contributed by atoms with Crippen LogP contribution in [0.1, 0.15) is 42.5 Å². The fourth-order valence-corrected chi connectivity index (χ4v) is 5.79. The maximum atomic E-state index is 13.3. The minimum atomic E-state index is -3.63. The van der Waals surface area contributed by atoms with Gasteiger partial charge < -0.3 is 10.1 Å². The monoisotopic (exact) mass is 478 g/mol. The molecule has 0 bridgehead atoms. The Bertz CT molecular complexity index is 1240. The Labute approximate surface area is 201 Å². The minimum Gasteiger partial charge on any atom is -0.497 e. The van der Waals surface area contributed by atoms with Gasteiger partial charge in [-0.15, -0.1) is 0 Å². The lowest BCUT2D eigenvalue weighted by molar-refractivity contribution is -0.121. The van der Waals surface area contributed by atoms with E-state index in [0.29, 0.717) is 19.4 Å². The van der Waals surface area contributed by atoms with E-state index in [4.69, 9.17) is 4.74 Å². The van der Waals surface area contributed by atoms with Crippen LogP contribution in [0.4, 0.5) is 5.69 Å². The predicted octanol–water partition coefficient (Wildman–Crippen LogP) is 4.65. The van der Waals surface area contributed by atoms with Gasteiger partial charge in [0, 0.05) is 13.0 Å². The van der Waals surface area contributed by atoms with Crippen molar-refractivity contribution in [1.29, 1.82) is 0 Å². The van der Waals surface area contributed by atoms with E-state index >= 15 is 0 Å². The molecule has 0 unspecified atom stereocenters. The zero-order chi connectivity index (χ0) is 24.1. The van der Waals surface area contributed by atoms with Gasteiger partial charge in [-0.3, -0.25) is 9.10 Å². The summed E-state index contributed by atoms with van der Waals surface area (Å²) in [7, 11) is -2.01. The van der Waals surface area contributed by atoms with Crippen LogP contribution in [0.3, 0.4) is 0 Å². The summed E-state index contributed by atoms with van der Waals surface area (Å²) in [4.78, 5) is 12.7. The Hall–Kier alpha value is -3.32. The molecule has 7 heteroatoms. The summed E-state index contributed by atoms with van der Waals surface area (Å²) in [5.41, 5.74) is 3.75. The number of hydrogen-bond acceptors (Lipinski definition) is 4. The molecule has 0 aliphatic carbocycles. The molecule has 0 spiro atoms. The van der Waals surface area contributed by atoms with Crippen molar-refractivity contribution in [2.45, 2.75) is 43.5 Å². The van der Waals surface area contributed by atoms with Crippen LogP contribution in [0.15, 0.2) is 77.7 Å². The van der Waals surface area contributed by atoms with Gasteiger partial charge in [-0.1, -0.05) is 42.5 Å². The number of hydrogen-bond donors (Lipinski definition) is 1. The van der Waals surface area contributed by atoms with Crippen molar-refractivity contribution in [3.05, 3.63) is 89.5 Å². The summed E-state index contributed by atoms with van der Waals surface area (Å²) in [5, 5.41) is 3.01. The van der Waals surface area contributed by atoms with Gasteiger partial charge in [-0.25, -0.2) is 8.42 Å². The van der Waals surface area contributed by atoms with E-state index in [1.165, 1.54) is 4.31 Å². The summed E-state index contributed by atoms with van der Waals surface area (Å²) in [5.74, 6) is 0.724. The quantitative estimate of drug-likeness (QED) is 0.512. The Kier molecular flexibility index (Phi) is 7.22. The third-order valence-corrected chi connectivity index (χ3v) is 8.04. The van der Waals surface area contributed by atoms with Crippen molar-refractivity contribution in [3.8, 4) is 5.75 Å². The van der Waals surface area contributed by atoms with E-state index in [1.807, 2.05) is 55.5 Å². The first-order valence-corrected chi connectivity index (χ1v) is 13.0. The lowest BCUT2D eigenvalue weighted by atomic mass is 10.0. The topological polar surface area (TPSA) is 75.7 Å². The van der Waals surface area contributed by atoms with E-state index in [0.717, 1.165) is 41.0 Å². The van der Waals surface area contributed by atoms with Gasteiger partial charge in [0.05, 0.1) is 23.7 Å². The highest BCUT2D eigenvalue weighted by Gasteiger charge is 2.28. The minimum absolute atomic E-state index is 0.0510. The van der Waals surface area contributed by atoms with E-state index in [2.05, 4.69) is 5.32 Å². The molecule has 1 heterocycles. The second-order valence-electron chi connectivity index (χ2n) is 8.52. The second-order valence-corrected chi connectivity index (χ2v) is 10.4. The fraction of sp³-hybridized carbons (Fsp3) is 0.296. The molecule has 4 rings (SSSR count). The zero-order valence-corrected chi connectivity index (χ0v) is 20.3. The maximum absolute atomic E-state index is 13.3. The Morgan fingerprint density at radius 3 is 2.44 bits per heavy atom. The molecule has 34 heavy (non-hydrogen) atoms. The van der Waals surface area contributed by atoms with Crippen LogP contribution in [0.25, 0.3) is 0 Å². The predicted molar refractivity (Wildman–Crippen MR) is 134 cm³/mol. The van der Waals surface area contributed by atoms with Crippen molar-refractivity contribution in [2.75, 3.05) is 18.0 Å². The zero-order valence-electron chi connectivity index (χ0n) is 19.5. The molecule has 1 amide bonds. The smallest absolute Gasteiger partial charge is 0.264 e. The van der Waals surface area contributed by atoms with Crippen LogP contribution >= 0.6 is 0 Å². The van der Waals surface area contributed by atoms with Crippen molar-refractivity contribution < 1.29 is 17.9 Å². The van der Waals surface area contributed by atoms with Crippen LogP contribution in [-0.2, 0) is 27.7 Å². The van der Waals surface area contributed by atoms with Crippen molar-refractivity contribution in [2.24, 2.45) is 0 Å². The number of nitrogens with zero attached hydrogens (tertiary/aromatic N) is 1. The summed E-state index contributed by atoms with van der Waals surface area (Å²) in [6.45, 7) is 2.42. The number of fused-ring (bicyclic) bond motifs is 1. The summed E-state index contributed by atoms with van der Waals surface area (Å²) in [6.07, 6.45) is 2.55. The first-order valence-electron chi connectivity index (χ1n) is 11.5. The average Bonchev–Trinajstić information content (AvgIpc) is 2.87. The molecule has 0 fully saturated rings. The molecular weight excluding hydrogens is 448 g/mol. The number of carbonyl (C=O) groups excluding carboxylic acids is 1. The van der Waals surface area contributed by atoms with E-state index in [1.54, 1.807) is 31.4 Å². The van der Waals surface area contributed by atoms with Gasteiger partial charge in [-0.2, -0.15) is 0 Å². The van der Waals surface area contributed by atoms with Crippen LogP contribution < -0.4 is 14.4 Å². The molecule has 6 nitrogen and oxygen atoms in total. The number of anilines is 1. The number of rotatable bonds is 8. The Morgan fingerprint density at radius 1 is 1.03 bits per heavy atom. The number of carbonyl (C=O) groups is 1. The SMILES string of the molecule is COc1ccc([C@@H](C)NC(=O)CCc2ccc(S(=O)(=O)N3CCCc4ccccc43)cc2)cc1. The van der Waals surface area contributed by atoms with Gasteiger partial charge in [0.2, 0.25) is 5.91 Å². The number of aryl methyl sites for hydroxylation is 2. The van der Waals surface area contributed by atoms with Crippen molar-refractivity contribution in [1.82, 2.24) is 5.32 Å². The highest BCUT2D eigenvalue weighted by atomic mass is 32.2. The molecule has 3 aromatic rings. The Balaban J connectivity index is 1.36. The third kappa shape index (κ3) is 5.25. The van der Waals surface area contributed by atoms with Crippen LogP contribution in [0.2, 0.25) is 0 Å². The normalized spacial score (nSPS) is 14.2. The molecule has 1 atom stereocenters. The molecular formula is C27H30N2O4S. The molecule has 0 radical (unpaired) electrons. The number of amides is 1. The molecule has 1 aliphatic heterocycles. The molecule has 0 saturated heterocycles.